The second-order valence-electron chi connectivity index (χ2n) is 4.09. The molecule has 0 aliphatic carbocycles. The van der Waals surface area contributed by atoms with E-state index in [1.165, 1.54) is 7.11 Å². The molecule has 0 unspecified atom stereocenters. The van der Waals surface area contributed by atoms with Crippen LogP contribution in [0.2, 0.25) is 0 Å². The second-order valence-corrected chi connectivity index (χ2v) is 4.09. The van der Waals surface area contributed by atoms with Gasteiger partial charge in [-0.2, -0.15) is 0 Å². The highest BCUT2D eigenvalue weighted by atomic mass is 16.5. The van der Waals surface area contributed by atoms with E-state index in [1.54, 1.807) is 6.20 Å². The van der Waals surface area contributed by atoms with Crippen LogP contribution in [0.5, 0.6) is 0 Å². The van der Waals surface area contributed by atoms with Crippen LogP contribution in [-0.2, 0) is 4.74 Å². The van der Waals surface area contributed by atoms with E-state index >= 15 is 0 Å². The van der Waals surface area contributed by atoms with Crippen LogP contribution in [0.1, 0.15) is 15.9 Å². The summed E-state index contributed by atoms with van der Waals surface area (Å²) in [5.41, 5.74) is 1.51. The van der Waals surface area contributed by atoms with E-state index in [0.717, 1.165) is 37.6 Å². The van der Waals surface area contributed by atoms with Crippen molar-refractivity contribution in [1.29, 1.82) is 0 Å². The van der Waals surface area contributed by atoms with Crippen molar-refractivity contribution >= 4 is 11.8 Å². The van der Waals surface area contributed by atoms with Gasteiger partial charge in [0.15, 0.2) is 0 Å². The van der Waals surface area contributed by atoms with Crippen molar-refractivity contribution in [2.45, 2.75) is 6.92 Å². The molecule has 0 bridgehead atoms. The third kappa shape index (κ3) is 2.55. The van der Waals surface area contributed by atoms with Crippen LogP contribution in [0, 0.1) is 6.92 Å². The summed E-state index contributed by atoms with van der Waals surface area (Å²) >= 11 is 0. The maximum atomic E-state index is 11.4. The number of nitrogens with zero attached hydrogens (tertiary/aromatic N) is 2. The lowest BCUT2D eigenvalue weighted by Crippen LogP contribution is -2.44. The number of pyridine rings is 1. The van der Waals surface area contributed by atoms with E-state index in [4.69, 9.17) is 0 Å². The van der Waals surface area contributed by atoms with Crippen LogP contribution in [0.3, 0.4) is 0 Å². The predicted octanol–water partition coefficient (Wildman–Crippen LogP) is 0.586. The minimum atomic E-state index is -0.340. The van der Waals surface area contributed by atoms with E-state index < -0.39 is 0 Å². The third-order valence-electron chi connectivity index (χ3n) is 2.89. The number of aryl methyl sites for hydroxylation is 1. The Morgan fingerprint density at radius 3 is 2.76 bits per heavy atom. The van der Waals surface area contributed by atoms with Gasteiger partial charge in [-0.1, -0.05) is 0 Å². The summed E-state index contributed by atoms with van der Waals surface area (Å²) in [4.78, 5) is 18.0. The molecule has 0 saturated carbocycles. The van der Waals surface area contributed by atoms with Crippen LogP contribution < -0.4 is 10.2 Å². The van der Waals surface area contributed by atoms with Crippen LogP contribution in [0.4, 0.5) is 5.82 Å². The molecule has 2 heterocycles. The highest BCUT2D eigenvalue weighted by molar-refractivity contribution is 5.89. The first-order valence-electron chi connectivity index (χ1n) is 5.73. The first kappa shape index (κ1) is 11.9. The summed E-state index contributed by atoms with van der Waals surface area (Å²) in [5, 5.41) is 3.30. The Labute approximate surface area is 101 Å². The number of aromatic nitrogens is 1. The predicted molar refractivity (Wildman–Crippen MR) is 65.4 cm³/mol. The first-order valence-corrected chi connectivity index (χ1v) is 5.73. The number of carbonyl (C=O) groups excluding carboxylic acids is 1. The monoisotopic (exact) mass is 235 g/mol. The van der Waals surface area contributed by atoms with Gasteiger partial charge in [-0.3, -0.25) is 0 Å². The molecule has 92 valence electrons. The molecule has 1 aliphatic heterocycles. The van der Waals surface area contributed by atoms with Gasteiger partial charge in [0.2, 0.25) is 0 Å². The summed E-state index contributed by atoms with van der Waals surface area (Å²) in [5.74, 6) is 0.617. The van der Waals surface area contributed by atoms with Gasteiger partial charge in [0.25, 0.3) is 0 Å². The summed E-state index contributed by atoms with van der Waals surface area (Å²) in [6.45, 7) is 5.81. The normalized spacial score (nSPS) is 15.8. The Kier molecular flexibility index (Phi) is 3.58. The largest absolute Gasteiger partial charge is 0.465 e. The molecule has 0 radical (unpaired) electrons. The second kappa shape index (κ2) is 5.14. The van der Waals surface area contributed by atoms with E-state index in [2.05, 4.69) is 19.9 Å². The Morgan fingerprint density at radius 2 is 2.18 bits per heavy atom. The number of carbonyl (C=O) groups is 1. The zero-order chi connectivity index (χ0) is 12.3. The Bertz CT molecular complexity index is 414. The molecule has 17 heavy (non-hydrogen) atoms. The molecule has 1 aromatic heterocycles. The van der Waals surface area contributed by atoms with Crippen molar-refractivity contribution in [3.63, 3.8) is 0 Å². The SMILES string of the molecule is COC(=O)c1cnc(N2CCNCC2)c(C)c1. The Morgan fingerprint density at radius 1 is 1.47 bits per heavy atom. The lowest BCUT2D eigenvalue weighted by molar-refractivity contribution is 0.0600. The van der Waals surface area contributed by atoms with E-state index in [9.17, 15) is 4.79 Å². The van der Waals surface area contributed by atoms with Gasteiger partial charge in [0.05, 0.1) is 12.7 Å². The minimum Gasteiger partial charge on any atom is -0.465 e. The molecular formula is C12H17N3O2. The molecule has 0 aromatic carbocycles. The molecule has 1 aliphatic rings. The van der Waals surface area contributed by atoms with Crippen molar-refractivity contribution in [3.05, 3.63) is 23.4 Å². The standard InChI is InChI=1S/C12H17N3O2/c1-9-7-10(12(16)17-2)8-14-11(9)15-5-3-13-4-6-15/h7-8,13H,3-6H2,1-2H3. The summed E-state index contributed by atoms with van der Waals surface area (Å²) in [6, 6.07) is 1.83. The smallest absolute Gasteiger partial charge is 0.339 e. The Hall–Kier alpha value is -1.62. The fourth-order valence-electron chi connectivity index (χ4n) is 2.00. The maximum absolute atomic E-state index is 11.4. The van der Waals surface area contributed by atoms with Crippen LogP contribution in [0.25, 0.3) is 0 Å². The maximum Gasteiger partial charge on any atom is 0.339 e. The van der Waals surface area contributed by atoms with Crippen molar-refractivity contribution in [3.8, 4) is 0 Å². The summed E-state index contributed by atoms with van der Waals surface area (Å²) < 4.78 is 4.67. The van der Waals surface area contributed by atoms with Crippen LogP contribution in [-0.4, -0.2) is 44.2 Å². The third-order valence-corrected chi connectivity index (χ3v) is 2.89. The van der Waals surface area contributed by atoms with Gasteiger partial charge in [-0.25, -0.2) is 9.78 Å². The first-order chi connectivity index (χ1) is 8.22. The van der Waals surface area contributed by atoms with Crippen LogP contribution >= 0.6 is 0 Å². The number of hydrogen-bond acceptors (Lipinski definition) is 5. The molecule has 0 amide bonds. The number of rotatable bonds is 2. The molecule has 1 fully saturated rings. The molecule has 5 nitrogen and oxygen atoms in total. The molecule has 2 rings (SSSR count). The zero-order valence-electron chi connectivity index (χ0n) is 10.2. The van der Waals surface area contributed by atoms with Gasteiger partial charge < -0.3 is 15.0 Å². The number of esters is 1. The van der Waals surface area contributed by atoms with Crippen molar-refractivity contribution < 1.29 is 9.53 Å². The van der Waals surface area contributed by atoms with Crippen molar-refractivity contribution in [1.82, 2.24) is 10.3 Å². The number of ether oxygens (including phenoxy) is 1. The number of piperazine rings is 1. The van der Waals surface area contributed by atoms with Gasteiger partial charge in [-0.05, 0) is 18.6 Å². The summed E-state index contributed by atoms with van der Waals surface area (Å²) in [6.07, 6.45) is 1.58. The van der Waals surface area contributed by atoms with E-state index in [0.29, 0.717) is 5.56 Å². The molecule has 1 saturated heterocycles. The topological polar surface area (TPSA) is 54.5 Å². The molecule has 0 atom stereocenters. The van der Waals surface area contributed by atoms with Crippen molar-refractivity contribution in [2.24, 2.45) is 0 Å². The quantitative estimate of drug-likeness (QED) is 0.760. The number of anilines is 1. The lowest BCUT2D eigenvalue weighted by atomic mass is 10.2. The molecule has 1 N–H and O–H groups in total. The van der Waals surface area contributed by atoms with E-state index in [-0.39, 0.29) is 5.97 Å². The average Bonchev–Trinajstić information content (AvgIpc) is 2.38. The fraction of sp³-hybridized carbons (Fsp3) is 0.500. The number of nitrogens with one attached hydrogen (secondary N) is 1. The highest BCUT2D eigenvalue weighted by Crippen LogP contribution is 2.18. The summed E-state index contributed by atoms with van der Waals surface area (Å²) in [7, 11) is 1.38. The highest BCUT2D eigenvalue weighted by Gasteiger charge is 2.15. The van der Waals surface area contributed by atoms with E-state index in [1.807, 2.05) is 13.0 Å². The number of hydrogen-bond donors (Lipinski definition) is 1. The average molecular weight is 235 g/mol. The molecule has 5 heteroatoms. The van der Waals surface area contributed by atoms with Crippen LogP contribution in [0.15, 0.2) is 12.3 Å². The lowest BCUT2D eigenvalue weighted by Gasteiger charge is -2.29. The fourth-order valence-corrected chi connectivity index (χ4v) is 2.00. The van der Waals surface area contributed by atoms with Crippen molar-refractivity contribution in [2.75, 3.05) is 38.2 Å². The molecule has 0 spiro atoms. The number of methoxy groups -OCH3 is 1. The minimum absolute atomic E-state index is 0.340. The zero-order valence-corrected chi connectivity index (χ0v) is 10.2. The van der Waals surface area contributed by atoms with Gasteiger partial charge >= 0.3 is 5.97 Å². The van der Waals surface area contributed by atoms with Gasteiger partial charge in [0, 0.05) is 32.4 Å². The van der Waals surface area contributed by atoms with Gasteiger partial charge in [0.1, 0.15) is 5.82 Å². The van der Waals surface area contributed by atoms with Gasteiger partial charge in [-0.15, -0.1) is 0 Å². The molecular weight excluding hydrogens is 218 g/mol. The Balaban J connectivity index is 2.21. The molecule has 1 aromatic rings.